The van der Waals surface area contributed by atoms with Gasteiger partial charge in [0.05, 0.1) is 0 Å². The van der Waals surface area contributed by atoms with E-state index in [1.165, 1.54) is 71.6 Å². The van der Waals surface area contributed by atoms with Crippen LogP contribution in [0, 0.1) is 20.8 Å². The quantitative estimate of drug-likeness (QED) is 0.142. The van der Waals surface area contributed by atoms with Gasteiger partial charge in [-0.15, -0.1) is 68.6 Å². The summed E-state index contributed by atoms with van der Waals surface area (Å²) in [7, 11) is 0. The molecule has 0 aliphatic carbocycles. The summed E-state index contributed by atoms with van der Waals surface area (Å²) in [5, 5.41) is 5.47. The molecule has 0 bridgehead atoms. The van der Waals surface area contributed by atoms with Crippen LogP contribution in [-0.2, 0) is 28.8 Å². The van der Waals surface area contributed by atoms with Crippen molar-refractivity contribution in [2.24, 2.45) is 0 Å². The zero-order chi connectivity index (χ0) is 32.2. The Kier molecular flexibility index (Phi) is 15.0. The molecule has 0 radical (unpaired) electrons. The van der Waals surface area contributed by atoms with E-state index in [9.17, 15) is 0 Å². The van der Waals surface area contributed by atoms with Crippen LogP contribution in [0.3, 0.4) is 0 Å². The first kappa shape index (κ1) is 40.0. The van der Waals surface area contributed by atoms with E-state index in [0.29, 0.717) is 5.92 Å². The Balaban J connectivity index is 0.000000277. The van der Waals surface area contributed by atoms with Gasteiger partial charge in [0.25, 0.3) is 0 Å². The number of fused-ring (bicyclic) bond motifs is 2. The molecule has 0 atom stereocenters. The third-order valence-electron chi connectivity index (χ3n) is 8.08. The van der Waals surface area contributed by atoms with Crippen molar-refractivity contribution in [2.75, 3.05) is 0 Å². The van der Waals surface area contributed by atoms with E-state index < -0.39 is 0 Å². The van der Waals surface area contributed by atoms with Gasteiger partial charge in [-0.2, -0.15) is 12.1 Å². The Morgan fingerprint density at radius 3 is 1.87 bits per heavy atom. The van der Waals surface area contributed by atoms with E-state index in [0.717, 1.165) is 0 Å². The number of hydrogen-bond acceptors (Lipinski definition) is 0. The van der Waals surface area contributed by atoms with Crippen molar-refractivity contribution >= 4 is 27.0 Å². The molecule has 0 spiro atoms. The summed E-state index contributed by atoms with van der Waals surface area (Å²) in [6.07, 6.45) is 0. The molecule has 0 N–H and O–H groups in total. The van der Waals surface area contributed by atoms with Crippen molar-refractivity contribution in [2.45, 2.75) is 79.8 Å². The number of hydrogen-bond donors (Lipinski definition) is 0. The van der Waals surface area contributed by atoms with Crippen molar-refractivity contribution in [3.05, 3.63) is 131 Å². The van der Waals surface area contributed by atoms with Gasteiger partial charge in [0.1, 0.15) is 0 Å². The van der Waals surface area contributed by atoms with Crippen molar-refractivity contribution in [1.29, 1.82) is 0 Å². The van der Waals surface area contributed by atoms with Gasteiger partial charge in [0, 0.05) is 0 Å². The molecule has 0 aliphatic rings. The van der Waals surface area contributed by atoms with Gasteiger partial charge in [-0.3, -0.25) is 0 Å². The zero-order valence-electron chi connectivity index (χ0n) is 29.1. The Bertz CT molecular complexity index is 1880. The second kappa shape index (κ2) is 17.3. The Labute approximate surface area is 306 Å². The third-order valence-corrected chi connectivity index (χ3v) is 8.08. The van der Waals surface area contributed by atoms with Gasteiger partial charge < -0.3 is 24.8 Å². The minimum atomic E-state index is 0. The van der Waals surface area contributed by atoms with Gasteiger partial charge >= 0.3 is 41.9 Å². The summed E-state index contributed by atoms with van der Waals surface area (Å²) in [4.78, 5) is 0. The fourth-order valence-corrected chi connectivity index (χ4v) is 5.65. The predicted molar refractivity (Wildman–Crippen MR) is 194 cm³/mol. The summed E-state index contributed by atoms with van der Waals surface area (Å²) in [6.45, 7) is 22.4. The first-order chi connectivity index (χ1) is 20.7. The molecule has 6 aromatic carbocycles. The Morgan fingerprint density at radius 1 is 0.674 bits per heavy atom. The zero-order valence-corrected chi connectivity index (χ0v) is 34.1. The monoisotopic (exact) mass is 740 g/mol. The predicted octanol–water partition coefficient (Wildman–Crippen LogP) is 6.59. The van der Waals surface area contributed by atoms with Crippen LogP contribution in [0.4, 0.5) is 0 Å². The standard InChI is InChI=1S/C21H23.C19H19.C2H6Si.2ClH.Zr/c1-14-12-19-15(2)6-11-18(20(19)13-14)16-7-9-17(10-8-16)21(3,4)5;1-13(2)17-11-16-8-5-9-18(19(16)12-17)15-7-4-6-14(3)10-15;1-3-2;;;/h6-13H,1-5H3;4-13H,1-3H3;1-2H3;2*1H;/q2*-1;;;;+2/p-2. The minimum absolute atomic E-state index is 0. The van der Waals surface area contributed by atoms with E-state index in [1.54, 1.807) is 23.3 Å². The first-order valence-corrected chi connectivity index (χ1v) is 22.0. The first-order valence-electron chi connectivity index (χ1n) is 15.8. The number of benzene rings is 4. The molecule has 6 rings (SSSR count). The minimum Gasteiger partial charge on any atom is -1.00 e. The maximum Gasteiger partial charge on any atom is -0.0132 e. The smallest absolute Gasteiger partial charge is 0.0132 e. The molecular formula is C42H48Cl2SiZr-2. The van der Waals surface area contributed by atoms with Gasteiger partial charge in [0.2, 0.25) is 0 Å². The largest absolute Gasteiger partial charge is 1.00 e. The fraction of sp³-hybridized carbons (Fsp3) is 0.286. The molecule has 0 aromatic heterocycles. The van der Waals surface area contributed by atoms with Crippen molar-refractivity contribution in [3.63, 3.8) is 0 Å². The number of rotatable bonds is 3. The second-order valence-electron chi connectivity index (χ2n) is 13.7. The maximum absolute atomic E-state index is 2.34. The Hall–Kier alpha value is -2.22. The van der Waals surface area contributed by atoms with Crippen LogP contribution in [0.5, 0.6) is 0 Å². The molecule has 0 amide bonds. The summed E-state index contributed by atoms with van der Waals surface area (Å²) in [6, 6.07) is 38.1. The molecule has 6 aromatic rings. The number of aryl methyl sites for hydroxylation is 3. The van der Waals surface area contributed by atoms with E-state index in [-0.39, 0.29) is 35.7 Å². The van der Waals surface area contributed by atoms with Crippen LogP contribution in [-0.4, -0.2) is 5.43 Å². The SMILES string of the molecule is C[Si](C)=[Zr+2].Cc1cc2c(-c3ccc(C(C)(C)C)cc3)ccc(C)c2[cH-]1.Cc1cccc(-c2cccc3[cH-]c(C(C)C)cc23)c1.[Cl-].[Cl-]. The van der Waals surface area contributed by atoms with Gasteiger partial charge in [0.15, 0.2) is 0 Å². The van der Waals surface area contributed by atoms with Crippen LogP contribution in [0.1, 0.15) is 68.4 Å². The summed E-state index contributed by atoms with van der Waals surface area (Å²) < 4.78 is 0. The summed E-state index contributed by atoms with van der Waals surface area (Å²) >= 11 is 1.74. The van der Waals surface area contributed by atoms with Crippen LogP contribution in [0.15, 0.2) is 103 Å². The average molecular weight is 743 g/mol. The molecule has 0 aliphatic heterocycles. The molecule has 0 nitrogen and oxygen atoms in total. The average Bonchev–Trinajstić information content (AvgIpc) is 3.57. The Morgan fingerprint density at radius 2 is 1.28 bits per heavy atom. The topological polar surface area (TPSA) is 0 Å². The number of halogens is 2. The van der Waals surface area contributed by atoms with Crippen molar-refractivity contribution in [1.82, 2.24) is 0 Å². The van der Waals surface area contributed by atoms with E-state index in [4.69, 9.17) is 0 Å². The molecule has 0 fully saturated rings. The fourth-order valence-electron chi connectivity index (χ4n) is 5.65. The van der Waals surface area contributed by atoms with Crippen LogP contribution < -0.4 is 24.8 Å². The van der Waals surface area contributed by atoms with Gasteiger partial charge in [-0.1, -0.05) is 126 Å². The van der Waals surface area contributed by atoms with Crippen molar-refractivity contribution in [3.8, 4) is 22.3 Å². The molecule has 0 saturated carbocycles. The molecule has 46 heavy (non-hydrogen) atoms. The molecule has 0 saturated heterocycles. The third kappa shape index (κ3) is 10.1. The van der Waals surface area contributed by atoms with Crippen LogP contribution >= 0.6 is 0 Å². The maximum atomic E-state index is 2.34. The summed E-state index contributed by atoms with van der Waals surface area (Å²) in [5.41, 5.74) is 12.5. The second-order valence-corrected chi connectivity index (χ2v) is 23.1. The molecule has 240 valence electrons. The van der Waals surface area contributed by atoms with E-state index >= 15 is 0 Å². The van der Waals surface area contributed by atoms with Gasteiger partial charge in [-0.05, 0) is 34.9 Å². The normalized spacial score (nSPS) is 10.8. The van der Waals surface area contributed by atoms with Crippen molar-refractivity contribution < 1.29 is 48.1 Å². The van der Waals surface area contributed by atoms with E-state index in [1.807, 2.05) is 0 Å². The van der Waals surface area contributed by atoms with Crippen LogP contribution in [0.2, 0.25) is 13.1 Å². The molecular weight excluding hydrogens is 695 g/mol. The van der Waals surface area contributed by atoms with Gasteiger partial charge in [-0.25, -0.2) is 0 Å². The molecule has 0 unspecified atom stereocenters. The van der Waals surface area contributed by atoms with E-state index in [2.05, 4.69) is 172 Å². The molecule has 0 heterocycles. The van der Waals surface area contributed by atoms with Crippen LogP contribution in [0.25, 0.3) is 43.8 Å². The molecule has 4 heteroatoms. The summed E-state index contributed by atoms with van der Waals surface area (Å²) in [5.74, 6) is 0.581.